The van der Waals surface area contributed by atoms with Crippen molar-refractivity contribution >= 4 is 24.2 Å². The van der Waals surface area contributed by atoms with Crippen LogP contribution in [0.4, 0.5) is 5.82 Å². The van der Waals surface area contributed by atoms with Crippen molar-refractivity contribution in [3.8, 4) is 0 Å². The number of rotatable bonds is 11. The second-order valence-corrected chi connectivity index (χ2v) is 21.8. The van der Waals surface area contributed by atoms with Crippen molar-refractivity contribution in [3.63, 3.8) is 0 Å². The standard InChI is InChI=1S/C8H9N2O.3C4H9.Sn/c1-2-5-9-8(4-1)10-6-3-7-11-10;3*1-3-4-2;/h1-5H,6-7H2;3*1,3-4H2,2H3;. The maximum absolute atomic E-state index is 6.12. The molecule has 1 aliphatic rings. The van der Waals surface area contributed by atoms with Gasteiger partial charge in [-0.25, -0.2) is 0 Å². The summed E-state index contributed by atoms with van der Waals surface area (Å²) in [5.41, 5.74) is 0. The summed E-state index contributed by atoms with van der Waals surface area (Å²) >= 11 is -2.19. The van der Waals surface area contributed by atoms with E-state index in [4.69, 9.17) is 4.84 Å². The van der Waals surface area contributed by atoms with Gasteiger partial charge in [0.25, 0.3) is 0 Å². The van der Waals surface area contributed by atoms with E-state index in [1.807, 2.05) is 12.3 Å². The van der Waals surface area contributed by atoms with Crippen LogP contribution in [0.2, 0.25) is 17.2 Å². The van der Waals surface area contributed by atoms with E-state index < -0.39 is 18.4 Å². The van der Waals surface area contributed by atoms with Gasteiger partial charge in [-0.15, -0.1) is 0 Å². The average molecular weight is 439 g/mol. The molecule has 0 spiro atoms. The summed E-state index contributed by atoms with van der Waals surface area (Å²) in [4.78, 5) is 10.6. The van der Waals surface area contributed by atoms with Gasteiger partial charge in [-0.2, -0.15) is 0 Å². The summed E-state index contributed by atoms with van der Waals surface area (Å²) in [6, 6.07) is 6.11. The van der Waals surface area contributed by atoms with Crippen molar-refractivity contribution in [2.24, 2.45) is 0 Å². The van der Waals surface area contributed by atoms with Crippen LogP contribution in [0, 0.1) is 0 Å². The first-order chi connectivity index (χ1) is 11.8. The van der Waals surface area contributed by atoms with E-state index in [0.29, 0.717) is 0 Å². The molecular formula is C20H36N2OSn. The molecule has 24 heavy (non-hydrogen) atoms. The summed E-state index contributed by atoms with van der Waals surface area (Å²) in [5.74, 6) is 0.988. The third-order valence-electron chi connectivity index (χ3n) is 5.67. The van der Waals surface area contributed by atoms with E-state index in [1.54, 1.807) is 13.3 Å². The van der Waals surface area contributed by atoms with Gasteiger partial charge >= 0.3 is 153 Å². The van der Waals surface area contributed by atoms with Crippen LogP contribution in [-0.2, 0) is 4.84 Å². The molecule has 1 aromatic heterocycles. The first-order valence-electron chi connectivity index (χ1n) is 10.1. The minimum atomic E-state index is -2.19. The Bertz CT molecular complexity index is 432. The molecule has 0 aromatic carbocycles. The second-order valence-electron chi connectivity index (χ2n) is 7.41. The molecular weight excluding hydrogens is 403 g/mol. The molecule has 1 fully saturated rings. The van der Waals surface area contributed by atoms with E-state index in [-0.39, 0.29) is 0 Å². The Morgan fingerprint density at radius 2 is 1.67 bits per heavy atom. The molecule has 3 nitrogen and oxygen atoms in total. The molecule has 0 unspecified atom stereocenters. The van der Waals surface area contributed by atoms with Crippen LogP contribution in [0.3, 0.4) is 0 Å². The second kappa shape index (κ2) is 10.6. The predicted molar refractivity (Wildman–Crippen MR) is 106 cm³/mol. The van der Waals surface area contributed by atoms with Gasteiger partial charge in [0.1, 0.15) is 0 Å². The van der Waals surface area contributed by atoms with E-state index >= 15 is 0 Å². The Labute approximate surface area is 153 Å². The van der Waals surface area contributed by atoms with Gasteiger partial charge in [-0.05, 0) is 0 Å². The molecule has 0 N–H and O–H groups in total. The molecule has 0 amide bonds. The SMILES string of the molecule is CCC[CH2][Sn]([CH2]CCC)([CH2]CCC)[C@@H]1CON(c2ccccn2)C1. The van der Waals surface area contributed by atoms with E-state index in [1.165, 1.54) is 38.5 Å². The zero-order valence-electron chi connectivity index (χ0n) is 16.0. The maximum atomic E-state index is 6.12. The molecule has 0 saturated carbocycles. The molecule has 136 valence electrons. The Balaban J connectivity index is 2.12. The van der Waals surface area contributed by atoms with Crippen molar-refractivity contribution in [2.45, 2.75) is 76.5 Å². The summed E-state index contributed by atoms with van der Waals surface area (Å²) in [7, 11) is 0. The monoisotopic (exact) mass is 440 g/mol. The van der Waals surface area contributed by atoms with Crippen LogP contribution in [0.1, 0.15) is 59.3 Å². The number of aromatic nitrogens is 1. The van der Waals surface area contributed by atoms with E-state index in [0.717, 1.165) is 22.9 Å². The molecule has 4 heteroatoms. The van der Waals surface area contributed by atoms with Crippen LogP contribution in [0.15, 0.2) is 24.4 Å². The topological polar surface area (TPSA) is 25.4 Å². The van der Waals surface area contributed by atoms with Gasteiger partial charge in [0.05, 0.1) is 0 Å². The molecule has 1 aromatic rings. The van der Waals surface area contributed by atoms with Crippen LogP contribution in [-0.4, -0.2) is 36.5 Å². The van der Waals surface area contributed by atoms with E-state index in [2.05, 4.69) is 43.0 Å². The summed E-state index contributed by atoms with van der Waals surface area (Å²) in [6.07, 6.45) is 10.2. The average Bonchev–Trinajstić information content (AvgIpc) is 3.13. The number of anilines is 1. The molecule has 1 saturated heterocycles. The molecule has 1 atom stereocenters. The van der Waals surface area contributed by atoms with Crippen LogP contribution in [0.5, 0.6) is 0 Å². The Morgan fingerprint density at radius 3 is 2.17 bits per heavy atom. The van der Waals surface area contributed by atoms with Crippen LogP contribution >= 0.6 is 0 Å². The van der Waals surface area contributed by atoms with Crippen molar-refractivity contribution in [2.75, 3.05) is 18.2 Å². The Kier molecular flexibility index (Phi) is 8.88. The number of hydrogen-bond donors (Lipinski definition) is 0. The predicted octanol–water partition coefficient (Wildman–Crippen LogP) is 6.05. The Morgan fingerprint density at radius 1 is 1.04 bits per heavy atom. The molecule has 2 heterocycles. The minimum absolute atomic E-state index is 0.839. The van der Waals surface area contributed by atoms with E-state index in [9.17, 15) is 0 Å². The van der Waals surface area contributed by atoms with Gasteiger partial charge in [0, 0.05) is 0 Å². The molecule has 0 radical (unpaired) electrons. The zero-order valence-corrected chi connectivity index (χ0v) is 18.8. The zero-order chi connectivity index (χ0) is 17.3. The Hall–Kier alpha value is -0.291. The molecule has 2 rings (SSSR count). The van der Waals surface area contributed by atoms with Crippen molar-refractivity contribution < 1.29 is 4.84 Å². The third kappa shape index (κ3) is 5.35. The fraction of sp³-hybridized carbons (Fsp3) is 0.750. The number of hydroxylamine groups is 1. The van der Waals surface area contributed by atoms with Crippen molar-refractivity contribution in [1.29, 1.82) is 0 Å². The first-order valence-corrected chi connectivity index (χ1v) is 17.8. The number of nitrogens with zero attached hydrogens (tertiary/aromatic N) is 2. The summed E-state index contributed by atoms with van der Waals surface area (Å²) in [5, 5.41) is 2.08. The van der Waals surface area contributed by atoms with Gasteiger partial charge in [-0.1, -0.05) is 0 Å². The third-order valence-corrected chi connectivity index (χ3v) is 23.2. The van der Waals surface area contributed by atoms with Crippen LogP contribution < -0.4 is 5.06 Å². The fourth-order valence-corrected chi connectivity index (χ4v) is 21.6. The normalized spacial score (nSPS) is 18.3. The molecule has 0 aliphatic carbocycles. The number of hydrogen-bond acceptors (Lipinski definition) is 3. The van der Waals surface area contributed by atoms with Gasteiger partial charge in [-0.3, -0.25) is 0 Å². The van der Waals surface area contributed by atoms with Gasteiger partial charge < -0.3 is 0 Å². The van der Waals surface area contributed by atoms with Crippen molar-refractivity contribution in [1.82, 2.24) is 4.98 Å². The van der Waals surface area contributed by atoms with Crippen molar-refractivity contribution in [3.05, 3.63) is 24.4 Å². The number of unbranched alkanes of at least 4 members (excludes halogenated alkanes) is 3. The summed E-state index contributed by atoms with van der Waals surface area (Å²) in [6.45, 7) is 9.08. The molecule has 1 aliphatic heterocycles. The van der Waals surface area contributed by atoms with Gasteiger partial charge in [0.15, 0.2) is 0 Å². The fourth-order valence-electron chi connectivity index (χ4n) is 4.09. The summed E-state index contributed by atoms with van der Waals surface area (Å²) < 4.78 is 5.53. The van der Waals surface area contributed by atoms with Gasteiger partial charge in [0.2, 0.25) is 0 Å². The molecule has 0 bridgehead atoms. The quantitative estimate of drug-likeness (QED) is 0.393. The van der Waals surface area contributed by atoms with Crippen LogP contribution in [0.25, 0.3) is 0 Å². The number of pyridine rings is 1. The first kappa shape index (κ1) is 20.0.